The molecule has 1 atom stereocenters. The zero-order chi connectivity index (χ0) is 13.6. The van der Waals surface area contributed by atoms with E-state index in [1.54, 1.807) is 0 Å². The molecule has 0 aromatic heterocycles. The summed E-state index contributed by atoms with van der Waals surface area (Å²) in [7, 11) is 4.15. The largest absolute Gasteiger partial charge is 0.378 e. The van der Waals surface area contributed by atoms with Crippen molar-refractivity contribution < 1.29 is 10.0 Å². The smallest absolute Gasteiger partial charge is 0.139 e. The molecule has 104 valence electrons. The summed E-state index contributed by atoms with van der Waals surface area (Å²) in [5.74, 6) is 7.83. The van der Waals surface area contributed by atoms with Gasteiger partial charge in [-0.2, -0.15) is 0 Å². The number of rotatable bonds is 4. The Morgan fingerprint density at radius 1 is 1.22 bits per heavy atom. The van der Waals surface area contributed by atoms with E-state index < -0.39 is 5.60 Å². The molecular formula is C16H30NO+. The van der Waals surface area contributed by atoms with E-state index in [1.165, 1.54) is 30.6 Å². The second-order valence-corrected chi connectivity index (χ2v) is 6.62. The van der Waals surface area contributed by atoms with Crippen LogP contribution in [0.3, 0.4) is 0 Å². The SMILES string of the molecule is CC1CCC(CC[C@](C)(O)C#CC[NH+](C)C)CC1. The minimum Gasteiger partial charge on any atom is -0.378 e. The first-order valence-corrected chi connectivity index (χ1v) is 7.40. The maximum atomic E-state index is 10.2. The molecule has 0 aromatic carbocycles. The van der Waals surface area contributed by atoms with Crippen molar-refractivity contribution in [1.82, 2.24) is 0 Å². The average Bonchev–Trinajstić information content (AvgIpc) is 2.27. The van der Waals surface area contributed by atoms with Gasteiger partial charge in [-0.05, 0) is 37.5 Å². The van der Waals surface area contributed by atoms with Gasteiger partial charge in [0, 0.05) is 0 Å². The molecular weight excluding hydrogens is 222 g/mol. The third kappa shape index (κ3) is 6.42. The fraction of sp³-hybridized carbons (Fsp3) is 0.875. The van der Waals surface area contributed by atoms with Gasteiger partial charge in [0.25, 0.3) is 0 Å². The lowest BCUT2D eigenvalue weighted by atomic mass is 9.79. The van der Waals surface area contributed by atoms with Crippen molar-refractivity contribution >= 4 is 0 Å². The van der Waals surface area contributed by atoms with Crippen LogP contribution in [-0.4, -0.2) is 31.3 Å². The maximum Gasteiger partial charge on any atom is 0.139 e. The predicted molar refractivity (Wildman–Crippen MR) is 76.4 cm³/mol. The Morgan fingerprint density at radius 2 is 1.83 bits per heavy atom. The van der Waals surface area contributed by atoms with Gasteiger partial charge < -0.3 is 10.0 Å². The minimum absolute atomic E-state index is 0.793. The highest BCUT2D eigenvalue weighted by molar-refractivity contribution is 5.11. The Balaban J connectivity index is 2.29. The second kappa shape index (κ2) is 7.16. The molecule has 2 N–H and O–H groups in total. The van der Waals surface area contributed by atoms with Crippen LogP contribution in [0.15, 0.2) is 0 Å². The number of nitrogens with one attached hydrogen (secondary N) is 1. The number of hydrogen-bond donors (Lipinski definition) is 2. The molecule has 0 unspecified atom stereocenters. The van der Waals surface area contributed by atoms with E-state index in [4.69, 9.17) is 0 Å². The van der Waals surface area contributed by atoms with E-state index in [1.807, 2.05) is 6.92 Å². The maximum absolute atomic E-state index is 10.2. The monoisotopic (exact) mass is 252 g/mol. The van der Waals surface area contributed by atoms with Crippen LogP contribution in [0.2, 0.25) is 0 Å². The van der Waals surface area contributed by atoms with Crippen molar-refractivity contribution in [3.05, 3.63) is 0 Å². The van der Waals surface area contributed by atoms with Crippen LogP contribution in [0.25, 0.3) is 0 Å². The standard InChI is InChI=1S/C16H29NO/c1-14-6-8-15(9-7-14)10-12-16(2,18)11-5-13-17(3)4/h14-15,18H,6-10,12-13H2,1-4H3/p+1/t14?,15?,16-/m1/s1. The molecule has 0 saturated heterocycles. The molecule has 2 heteroatoms. The Bertz CT molecular complexity index is 290. The number of hydrogen-bond acceptors (Lipinski definition) is 1. The molecule has 0 bridgehead atoms. The molecule has 0 aliphatic heterocycles. The molecule has 1 saturated carbocycles. The summed E-state index contributed by atoms with van der Waals surface area (Å²) in [5, 5.41) is 10.2. The molecule has 1 aliphatic carbocycles. The van der Waals surface area contributed by atoms with Gasteiger partial charge in [0.1, 0.15) is 12.1 Å². The van der Waals surface area contributed by atoms with Gasteiger partial charge in [0.15, 0.2) is 0 Å². The summed E-state index contributed by atoms with van der Waals surface area (Å²) in [6.45, 7) is 5.01. The zero-order valence-corrected chi connectivity index (χ0v) is 12.6. The summed E-state index contributed by atoms with van der Waals surface area (Å²) in [4.78, 5) is 1.31. The predicted octanol–water partition coefficient (Wildman–Crippen LogP) is 1.49. The quantitative estimate of drug-likeness (QED) is 0.728. The average molecular weight is 252 g/mol. The van der Waals surface area contributed by atoms with Crippen LogP contribution in [0.4, 0.5) is 0 Å². The van der Waals surface area contributed by atoms with Crippen molar-refractivity contribution in [3.8, 4) is 11.8 Å². The molecule has 2 nitrogen and oxygen atoms in total. The molecule has 0 spiro atoms. The van der Waals surface area contributed by atoms with Gasteiger partial charge >= 0.3 is 0 Å². The van der Waals surface area contributed by atoms with E-state index in [9.17, 15) is 5.11 Å². The zero-order valence-electron chi connectivity index (χ0n) is 12.6. The van der Waals surface area contributed by atoms with Crippen molar-refractivity contribution in [3.63, 3.8) is 0 Å². The van der Waals surface area contributed by atoms with Crippen LogP contribution in [0.5, 0.6) is 0 Å². The highest BCUT2D eigenvalue weighted by Gasteiger charge is 2.22. The van der Waals surface area contributed by atoms with Crippen molar-refractivity contribution in [1.29, 1.82) is 0 Å². The normalized spacial score (nSPS) is 27.4. The van der Waals surface area contributed by atoms with Gasteiger partial charge in [-0.25, -0.2) is 0 Å². The summed E-state index contributed by atoms with van der Waals surface area (Å²) < 4.78 is 0. The Morgan fingerprint density at radius 3 is 2.39 bits per heavy atom. The van der Waals surface area contributed by atoms with Crippen LogP contribution in [0.1, 0.15) is 52.4 Å². The van der Waals surface area contributed by atoms with Gasteiger partial charge in [-0.15, -0.1) is 0 Å². The minimum atomic E-state index is -0.793. The van der Waals surface area contributed by atoms with Crippen LogP contribution in [0, 0.1) is 23.7 Å². The molecule has 0 aromatic rings. The third-order valence-corrected chi connectivity index (χ3v) is 3.97. The Labute approximate surface area is 113 Å². The Hall–Kier alpha value is -0.520. The van der Waals surface area contributed by atoms with E-state index in [2.05, 4.69) is 32.9 Å². The molecule has 1 rings (SSSR count). The van der Waals surface area contributed by atoms with E-state index in [-0.39, 0.29) is 0 Å². The fourth-order valence-corrected chi connectivity index (χ4v) is 2.58. The summed E-state index contributed by atoms with van der Waals surface area (Å²) in [5.41, 5.74) is -0.793. The molecule has 0 amide bonds. The van der Waals surface area contributed by atoms with Gasteiger partial charge in [-0.1, -0.05) is 38.5 Å². The molecule has 18 heavy (non-hydrogen) atoms. The summed E-state index contributed by atoms with van der Waals surface area (Å²) in [6.07, 6.45) is 7.36. The summed E-state index contributed by atoms with van der Waals surface area (Å²) in [6, 6.07) is 0. The third-order valence-electron chi connectivity index (χ3n) is 3.97. The van der Waals surface area contributed by atoms with Crippen molar-refractivity contribution in [2.45, 2.75) is 58.0 Å². The summed E-state index contributed by atoms with van der Waals surface area (Å²) >= 11 is 0. The highest BCUT2D eigenvalue weighted by atomic mass is 16.3. The molecule has 0 radical (unpaired) electrons. The number of quaternary nitrogens is 1. The highest BCUT2D eigenvalue weighted by Crippen LogP contribution is 2.32. The van der Waals surface area contributed by atoms with E-state index >= 15 is 0 Å². The van der Waals surface area contributed by atoms with Gasteiger partial charge in [0.2, 0.25) is 0 Å². The van der Waals surface area contributed by atoms with E-state index in [0.29, 0.717) is 0 Å². The van der Waals surface area contributed by atoms with E-state index in [0.717, 1.165) is 31.2 Å². The van der Waals surface area contributed by atoms with Crippen LogP contribution in [-0.2, 0) is 0 Å². The molecule has 1 fully saturated rings. The van der Waals surface area contributed by atoms with Gasteiger partial charge in [0.05, 0.1) is 14.1 Å². The topological polar surface area (TPSA) is 24.7 Å². The Kier molecular flexibility index (Phi) is 6.18. The van der Waals surface area contributed by atoms with Crippen molar-refractivity contribution in [2.24, 2.45) is 11.8 Å². The second-order valence-electron chi connectivity index (χ2n) is 6.62. The first-order chi connectivity index (χ1) is 8.39. The van der Waals surface area contributed by atoms with Crippen LogP contribution >= 0.6 is 0 Å². The van der Waals surface area contributed by atoms with Crippen LogP contribution < -0.4 is 4.90 Å². The lowest BCUT2D eigenvalue weighted by molar-refractivity contribution is -0.850. The number of aliphatic hydroxyl groups is 1. The lowest BCUT2D eigenvalue weighted by Crippen LogP contribution is -3.05. The molecule has 1 aliphatic rings. The fourth-order valence-electron chi connectivity index (χ4n) is 2.58. The van der Waals surface area contributed by atoms with Gasteiger partial charge in [-0.3, -0.25) is 0 Å². The van der Waals surface area contributed by atoms with Crippen molar-refractivity contribution in [2.75, 3.05) is 20.6 Å². The first kappa shape index (κ1) is 15.5. The molecule has 0 heterocycles. The lowest BCUT2D eigenvalue weighted by Gasteiger charge is -2.28. The first-order valence-electron chi connectivity index (χ1n) is 7.40.